The SMILES string of the molecule is CC(C)(NS(=O)(=O)c1cnc(Cl)s1)C1CC1. The molecule has 7 heteroatoms. The largest absolute Gasteiger partial charge is 0.252 e. The van der Waals surface area contributed by atoms with Crippen LogP contribution in [0.2, 0.25) is 4.47 Å². The Kier molecular flexibility index (Phi) is 3.03. The van der Waals surface area contributed by atoms with Crippen LogP contribution in [0.1, 0.15) is 26.7 Å². The summed E-state index contributed by atoms with van der Waals surface area (Å²) in [5.41, 5.74) is -0.394. The van der Waals surface area contributed by atoms with Gasteiger partial charge in [0.1, 0.15) is 0 Å². The Balaban J connectivity index is 2.20. The van der Waals surface area contributed by atoms with Crippen molar-refractivity contribution in [3.05, 3.63) is 10.7 Å². The zero-order chi connectivity index (χ0) is 12.0. The second kappa shape index (κ2) is 3.94. The van der Waals surface area contributed by atoms with Crippen LogP contribution in [0.3, 0.4) is 0 Å². The van der Waals surface area contributed by atoms with Crippen molar-refractivity contribution < 1.29 is 8.42 Å². The Morgan fingerprint density at radius 2 is 2.19 bits per heavy atom. The van der Waals surface area contributed by atoms with Gasteiger partial charge in [-0.2, -0.15) is 0 Å². The van der Waals surface area contributed by atoms with Gasteiger partial charge in [0, 0.05) is 5.54 Å². The molecule has 0 aliphatic heterocycles. The van der Waals surface area contributed by atoms with Crippen molar-refractivity contribution in [1.82, 2.24) is 9.71 Å². The van der Waals surface area contributed by atoms with Crippen molar-refractivity contribution in [2.45, 2.75) is 36.4 Å². The molecule has 1 fully saturated rings. The molecule has 1 aliphatic carbocycles. The lowest BCUT2D eigenvalue weighted by Crippen LogP contribution is -2.44. The van der Waals surface area contributed by atoms with Crippen molar-refractivity contribution in [3.63, 3.8) is 0 Å². The Morgan fingerprint density at radius 1 is 1.56 bits per heavy atom. The maximum Gasteiger partial charge on any atom is 0.252 e. The fourth-order valence-electron chi connectivity index (χ4n) is 1.65. The summed E-state index contributed by atoms with van der Waals surface area (Å²) in [7, 11) is -3.48. The first kappa shape index (κ1) is 12.3. The van der Waals surface area contributed by atoms with Gasteiger partial charge in [0.15, 0.2) is 8.68 Å². The highest BCUT2D eigenvalue weighted by Gasteiger charge is 2.40. The van der Waals surface area contributed by atoms with Gasteiger partial charge >= 0.3 is 0 Å². The van der Waals surface area contributed by atoms with Crippen LogP contribution in [0.25, 0.3) is 0 Å². The topological polar surface area (TPSA) is 59.1 Å². The van der Waals surface area contributed by atoms with E-state index in [9.17, 15) is 8.42 Å². The number of nitrogens with one attached hydrogen (secondary N) is 1. The third-order valence-corrected chi connectivity index (χ3v) is 5.96. The van der Waals surface area contributed by atoms with E-state index in [1.165, 1.54) is 6.20 Å². The van der Waals surface area contributed by atoms with Gasteiger partial charge in [0.2, 0.25) is 0 Å². The molecule has 2 rings (SSSR count). The normalized spacial score (nSPS) is 17.7. The van der Waals surface area contributed by atoms with E-state index >= 15 is 0 Å². The predicted octanol–water partition coefficient (Wildman–Crippen LogP) is 2.26. The van der Waals surface area contributed by atoms with Crippen molar-refractivity contribution >= 4 is 33.0 Å². The van der Waals surface area contributed by atoms with Crippen LogP contribution in [-0.2, 0) is 10.0 Å². The lowest BCUT2D eigenvalue weighted by Gasteiger charge is -2.25. The molecular weight excluding hydrogens is 268 g/mol. The first-order valence-electron chi connectivity index (χ1n) is 4.96. The predicted molar refractivity (Wildman–Crippen MR) is 64.2 cm³/mol. The molecule has 1 saturated carbocycles. The van der Waals surface area contributed by atoms with Crippen LogP contribution in [0, 0.1) is 5.92 Å². The molecule has 0 radical (unpaired) electrons. The summed E-state index contributed by atoms with van der Waals surface area (Å²) in [5, 5.41) is 0. The molecule has 1 heterocycles. The maximum absolute atomic E-state index is 12.0. The Labute approximate surface area is 104 Å². The fourth-order valence-corrected chi connectivity index (χ4v) is 4.41. The zero-order valence-electron chi connectivity index (χ0n) is 9.03. The first-order valence-corrected chi connectivity index (χ1v) is 7.64. The molecule has 90 valence electrons. The van der Waals surface area contributed by atoms with E-state index < -0.39 is 15.6 Å². The van der Waals surface area contributed by atoms with E-state index in [0.29, 0.717) is 5.92 Å². The van der Waals surface area contributed by atoms with Gasteiger partial charge < -0.3 is 0 Å². The Hall–Kier alpha value is -0.170. The molecule has 0 saturated heterocycles. The molecule has 0 atom stereocenters. The van der Waals surface area contributed by atoms with Crippen LogP contribution in [0.4, 0.5) is 0 Å². The summed E-state index contributed by atoms with van der Waals surface area (Å²) < 4.78 is 27.1. The van der Waals surface area contributed by atoms with Crippen LogP contribution in [-0.4, -0.2) is 18.9 Å². The molecule has 1 aromatic heterocycles. The van der Waals surface area contributed by atoms with E-state index in [4.69, 9.17) is 11.6 Å². The van der Waals surface area contributed by atoms with E-state index in [2.05, 4.69) is 9.71 Å². The smallest absolute Gasteiger partial charge is 0.232 e. The van der Waals surface area contributed by atoms with Crippen molar-refractivity contribution in [2.75, 3.05) is 0 Å². The summed E-state index contributed by atoms with van der Waals surface area (Å²) >= 11 is 6.60. The molecule has 0 bridgehead atoms. The van der Waals surface area contributed by atoms with Crippen molar-refractivity contribution in [1.29, 1.82) is 0 Å². The quantitative estimate of drug-likeness (QED) is 0.920. The molecule has 1 aromatic rings. The summed E-state index contributed by atoms with van der Waals surface area (Å²) in [6, 6.07) is 0. The Bertz CT molecular complexity index is 491. The lowest BCUT2D eigenvalue weighted by molar-refractivity contribution is 0.401. The standard InChI is InChI=1S/C9H13ClN2O2S2/c1-9(2,6-3-4-6)12-16(13,14)7-5-11-8(10)15-7/h5-6,12H,3-4H2,1-2H3. The van der Waals surface area contributed by atoms with E-state index in [1.807, 2.05) is 13.8 Å². The minimum Gasteiger partial charge on any atom is -0.232 e. The molecular formula is C9H13ClN2O2S2. The minimum absolute atomic E-state index is 0.172. The third kappa shape index (κ3) is 2.56. The fraction of sp³-hybridized carbons (Fsp3) is 0.667. The number of aromatic nitrogens is 1. The average molecular weight is 281 g/mol. The number of sulfonamides is 1. The van der Waals surface area contributed by atoms with E-state index in [1.54, 1.807) is 0 Å². The zero-order valence-corrected chi connectivity index (χ0v) is 11.4. The molecule has 0 spiro atoms. The van der Waals surface area contributed by atoms with Crippen LogP contribution in [0.15, 0.2) is 10.4 Å². The number of rotatable bonds is 4. The van der Waals surface area contributed by atoms with Crippen molar-refractivity contribution in [3.8, 4) is 0 Å². The average Bonchev–Trinajstić information content (AvgIpc) is 2.88. The van der Waals surface area contributed by atoms with Crippen molar-refractivity contribution in [2.24, 2.45) is 5.92 Å². The highest BCUT2D eigenvalue weighted by molar-refractivity contribution is 7.91. The van der Waals surface area contributed by atoms with E-state index in [-0.39, 0.29) is 8.68 Å². The van der Waals surface area contributed by atoms with Gasteiger partial charge in [-0.05, 0) is 32.6 Å². The third-order valence-electron chi connectivity index (χ3n) is 2.72. The molecule has 4 nitrogen and oxygen atoms in total. The number of halogens is 1. The second-order valence-electron chi connectivity index (χ2n) is 4.53. The van der Waals surface area contributed by atoms with Gasteiger partial charge in [0.05, 0.1) is 6.20 Å². The lowest BCUT2D eigenvalue weighted by atomic mass is 10.0. The number of hydrogen-bond acceptors (Lipinski definition) is 4. The molecule has 0 aromatic carbocycles. The summed E-state index contributed by atoms with van der Waals surface area (Å²) in [6.45, 7) is 3.82. The maximum atomic E-state index is 12.0. The summed E-state index contributed by atoms with van der Waals surface area (Å²) in [6.07, 6.45) is 3.45. The highest BCUT2D eigenvalue weighted by atomic mass is 35.5. The molecule has 1 N–H and O–H groups in total. The number of nitrogens with zero attached hydrogens (tertiary/aromatic N) is 1. The first-order chi connectivity index (χ1) is 7.31. The van der Waals surface area contributed by atoms with Gasteiger partial charge in [0.25, 0.3) is 10.0 Å². The van der Waals surface area contributed by atoms with Crippen LogP contribution >= 0.6 is 22.9 Å². The minimum atomic E-state index is -3.48. The number of thiazole rings is 1. The highest BCUT2D eigenvalue weighted by Crippen LogP contribution is 2.40. The van der Waals surface area contributed by atoms with E-state index in [0.717, 1.165) is 24.2 Å². The molecule has 0 unspecified atom stereocenters. The summed E-state index contributed by atoms with van der Waals surface area (Å²) in [4.78, 5) is 3.74. The number of hydrogen-bond donors (Lipinski definition) is 1. The van der Waals surface area contributed by atoms with Gasteiger partial charge in [-0.1, -0.05) is 22.9 Å². The molecule has 16 heavy (non-hydrogen) atoms. The van der Waals surface area contributed by atoms with Gasteiger partial charge in [-0.25, -0.2) is 18.1 Å². The van der Waals surface area contributed by atoms with Crippen LogP contribution in [0.5, 0.6) is 0 Å². The molecule has 0 amide bonds. The Morgan fingerprint density at radius 3 is 2.62 bits per heavy atom. The van der Waals surface area contributed by atoms with Crippen LogP contribution < -0.4 is 4.72 Å². The van der Waals surface area contributed by atoms with Gasteiger partial charge in [-0.15, -0.1) is 0 Å². The molecule has 1 aliphatic rings. The summed E-state index contributed by atoms with van der Waals surface area (Å²) in [5.74, 6) is 0.436. The van der Waals surface area contributed by atoms with Gasteiger partial charge in [-0.3, -0.25) is 0 Å². The second-order valence-corrected chi connectivity index (χ2v) is 8.06. The monoisotopic (exact) mass is 280 g/mol.